The fraction of sp³-hybridized carbons (Fsp3) is 0.444. The summed E-state index contributed by atoms with van der Waals surface area (Å²) in [5.74, 6) is 0.449. The smallest absolute Gasteiger partial charge is 0.410 e. The van der Waals surface area contributed by atoms with Crippen molar-refractivity contribution in [3.63, 3.8) is 0 Å². The number of para-hydroxylation sites is 1. The van der Waals surface area contributed by atoms with Crippen LogP contribution in [-0.2, 0) is 9.53 Å². The van der Waals surface area contributed by atoms with E-state index in [-0.39, 0.29) is 35.3 Å². The number of carbonyl (C=O) groups excluding carboxylic acids is 3. The van der Waals surface area contributed by atoms with Crippen LogP contribution in [0, 0.1) is 5.92 Å². The van der Waals surface area contributed by atoms with Gasteiger partial charge in [-0.1, -0.05) is 6.07 Å². The van der Waals surface area contributed by atoms with E-state index in [1.54, 1.807) is 33.8 Å². The van der Waals surface area contributed by atoms with Gasteiger partial charge in [0, 0.05) is 43.3 Å². The summed E-state index contributed by atoms with van der Waals surface area (Å²) in [5.41, 5.74) is 0.883. The molecule has 0 atom stereocenters. The van der Waals surface area contributed by atoms with Crippen LogP contribution >= 0.6 is 0 Å². The average Bonchev–Trinajstić information content (AvgIpc) is 3.64. The topological polar surface area (TPSA) is 165 Å². The van der Waals surface area contributed by atoms with E-state index in [0.29, 0.717) is 41.8 Å². The van der Waals surface area contributed by atoms with Gasteiger partial charge in [-0.3, -0.25) is 9.59 Å². The molecule has 0 radical (unpaired) electrons. The molecule has 3 aromatic rings. The number of methoxy groups -OCH3 is 1. The number of benzene rings is 1. The molecule has 2 aromatic heterocycles. The molecule has 14 nitrogen and oxygen atoms in total. The lowest BCUT2D eigenvalue weighted by Gasteiger charge is -2.37. The Kier molecular flexibility index (Phi) is 7.47. The van der Waals surface area contributed by atoms with Gasteiger partial charge in [0.05, 0.1) is 24.4 Å². The molecular formula is C27H33N8O6+. The van der Waals surface area contributed by atoms with Gasteiger partial charge < -0.3 is 34.7 Å². The lowest BCUT2D eigenvalue weighted by molar-refractivity contribution is -0.661. The predicted molar refractivity (Wildman–Crippen MR) is 145 cm³/mol. The molecule has 0 bridgehead atoms. The number of rotatable bonds is 8. The minimum absolute atomic E-state index is 0.0201. The lowest BCUT2D eigenvalue weighted by Crippen LogP contribution is -2.50. The van der Waals surface area contributed by atoms with E-state index in [1.807, 2.05) is 20.8 Å². The number of nitrogens with one attached hydrogen (secondary N) is 3. The average molecular weight is 566 g/mol. The summed E-state index contributed by atoms with van der Waals surface area (Å²) in [6, 6.07) is 6.91. The third-order valence-corrected chi connectivity index (χ3v) is 6.51. The molecule has 1 saturated heterocycles. The molecule has 41 heavy (non-hydrogen) atoms. The van der Waals surface area contributed by atoms with Crippen molar-refractivity contribution >= 4 is 35.1 Å². The largest absolute Gasteiger partial charge is 0.489 e. The second-order valence-corrected chi connectivity index (χ2v) is 10.9. The molecule has 3 N–H and O–H groups in total. The van der Waals surface area contributed by atoms with E-state index in [1.165, 1.54) is 20.6 Å². The molecule has 216 valence electrons. The van der Waals surface area contributed by atoms with E-state index < -0.39 is 11.5 Å². The third-order valence-electron chi connectivity index (χ3n) is 6.51. The Hall–Kier alpha value is -4.75. The molecule has 5 rings (SSSR count). The number of hydrogen-bond donors (Lipinski definition) is 3. The highest BCUT2D eigenvalue weighted by Gasteiger charge is 2.39. The van der Waals surface area contributed by atoms with Gasteiger partial charge in [0.25, 0.3) is 17.5 Å². The van der Waals surface area contributed by atoms with Crippen LogP contribution in [-0.4, -0.2) is 71.0 Å². The van der Waals surface area contributed by atoms with Gasteiger partial charge in [0.2, 0.25) is 11.7 Å². The molecule has 1 aliphatic carbocycles. The first kappa shape index (κ1) is 27.8. The van der Waals surface area contributed by atoms with E-state index >= 15 is 0 Å². The van der Waals surface area contributed by atoms with Gasteiger partial charge in [0.15, 0.2) is 11.5 Å². The first-order chi connectivity index (χ1) is 19.6. The molecule has 3 amide bonds. The minimum Gasteiger partial charge on any atom is -0.489 e. The molecule has 2 fully saturated rings. The van der Waals surface area contributed by atoms with Crippen molar-refractivity contribution in [1.82, 2.24) is 25.5 Å². The summed E-state index contributed by atoms with van der Waals surface area (Å²) in [7, 11) is 3.01. The fourth-order valence-corrected chi connectivity index (χ4v) is 4.23. The number of anilines is 3. The summed E-state index contributed by atoms with van der Waals surface area (Å²) in [4.78, 5) is 38.7. The van der Waals surface area contributed by atoms with Gasteiger partial charge in [-0.15, -0.1) is 10.2 Å². The first-order valence-corrected chi connectivity index (χ1v) is 13.3. The number of nitrogens with zero attached hydrogens (tertiary/aromatic N) is 5. The Labute approximate surface area is 236 Å². The summed E-state index contributed by atoms with van der Waals surface area (Å²) in [6.45, 7) is 6.35. The zero-order valence-electron chi connectivity index (χ0n) is 23.6. The maximum atomic E-state index is 12.5. The Bertz CT molecular complexity index is 1470. The Morgan fingerprint density at radius 3 is 2.54 bits per heavy atom. The normalized spacial score (nSPS) is 15.1. The van der Waals surface area contributed by atoms with Crippen LogP contribution in [0.25, 0.3) is 5.69 Å². The van der Waals surface area contributed by atoms with Crippen molar-refractivity contribution in [3.8, 4) is 11.4 Å². The molecule has 1 saturated carbocycles. The number of amides is 3. The fourth-order valence-electron chi connectivity index (χ4n) is 4.23. The molecule has 1 aromatic carbocycles. The van der Waals surface area contributed by atoms with Crippen LogP contribution in [0.3, 0.4) is 0 Å². The van der Waals surface area contributed by atoms with E-state index in [9.17, 15) is 14.4 Å². The third kappa shape index (κ3) is 6.21. The van der Waals surface area contributed by atoms with Gasteiger partial charge in [0.1, 0.15) is 5.60 Å². The van der Waals surface area contributed by atoms with Crippen LogP contribution < -0.4 is 25.4 Å². The van der Waals surface area contributed by atoms with Crippen molar-refractivity contribution in [2.75, 3.05) is 37.9 Å². The molecular weight excluding hydrogens is 532 g/mol. The van der Waals surface area contributed by atoms with Crippen molar-refractivity contribution in [2.24, 2.45) is 5.92 Å². The van der Waals surface area contributed by atoms with Crippen LogP contribution in [0.4, 0.5) is 22.0 Å². The summed E-state index contributed by atoms with van der Waals surface area (Å²) < 4.78 is 18.4. The highest BCUT2D eigenvalue weighted by atomic mass is 16.6. The van der Waals surface area contributed by atoms with Crippen molar-refractivity contribution in [2.45, 2.75) is 45.1 Å². The Morgan fingerprint density at radius 2 is 1.88 bits per heavy atom. The Balaban J connectivity index is 1.36. The summed E-state index contributed by atoms with van der Waals surface area (Å²) >= 11 is 0. The van der Waals surface area contributed by atoms with Gasteiger partial charge in [-0.25, -0.2) is 4.79 Å². The Morgan fingerprint density at radius 1 is 1.12 bits per heavy atom. The maximum Gasteiger partial charge on any atom is 0.410 e. The lowest BCUT2D eigenvalue weighted by atomic mass is 10.0. The monoisotopic (exact) mass is 565 g/mol. The molecule has 0 unspecified atom stereocenters. The zero-order valence-corrected chi connectivity index (χ0v) is 23.6. The van der Waals surface area contributed by atoms with Crippen LogP contribution in [0.15, 0.2) is 35.1 Å². The van der Waals surface area contributed by atoms with Crippen LogP contribution in [0.5, 0.6) is 5.75 Å². The highest BCUT2D eigenvalue weighted by molar-refractivity contribution is 5.99. The van der Waals surface area contributed by atoms with E-state index in [0.717, 1.165) is 12.8 Å². The molecule has 14 heteroatoms. The second-order valence-electron chi connectivity index (χ2n) is 10.9. The first-order valence-electron chi connectivity index (χ1n) is 13.3. The van der Waals surface area contributed by atoms with Crippen molar-refractivity contribution < 1.29 is 33.0 Å². The van der Waals surface area contributed by atoms with Crippen LogP contribution in [0.1, 0.15) is 55.9 Å². The summed E-state index contributed by atoms with van der Waals surface area (Å²) in [6.07, 6.45) is 2.78. The maximum absolute atomic E-state index is 12.5. The number of hydrogen-bond acceptors (Lipinski definition) is 10. The van der Waals surface area contributed by atoms with Crippen LogP contribution in [0.2, 0.25) is 0 Å². The predicted octanol–water partition coefficient (Wildman–Crippen LogP) is 2.54. The van der Waals surface area contributed by atoms with Gasteiger partial charge in [-0.2, -0.15) is 0 Å². The molecule has 0 spiro atoms. The quantitative estimate of drug-likeness (QED) is 0.346. The molecule has 3 heterocycles. The standard InChI is InChI=1S/C27H32N8O6/c1-27(2,3)41-26(38)34-12-16(13-34)25-33-35(14-40-25)19-8-6-7-17(22(19)39-5)29-18-11-20(30-23(36)15-9-10-15)31-32-21(18)24(37)28-4/h6-8,11,14-16H,9-10,12-13H2,1-5H3,(H2-,28,29,30,31,36,37)/p+1. The minimum atomic E-state index is -0.566. The number of carbonyl (C=O) groups is 3. The summed E-state index contributed by atoms with van der Waals surface area (Å²) in [5, 5.41) is 21.1. The SMILES string of the molecule is CNC(=O)c1nnc(NC(=O)C2CC2)cc1Nc1cccc(-[n+]2coc(C3CN(C(=O)OC(C)(C)C)C3)n2)c1OC. The number of likely N-dealkylation sites (tertiary alicyclic amines) is 1. The van der Waals surface area contributed by atoms with Crippen molar-refractivity contribution in [3.05, 3.63) is 42.2 Å². The zero-order chi connectivity index (χ0) is 29.3. The van der Waals surface area contributed by atoms with Crippen molar-refractivity contribution in [1.29, 1.82) is 0 Å². The van der Waals surface area contributed by atoms with E-state index in [4.69, 9.17) is 13.9 Å². The van der Waals surface area contributed by atoms with Gasteiger partial charge in [-0.05, 0) is 44.4 Å². The highest BCUT2D eigenvalue weighted by Crippen LogP contribution is 2.34. The molecule has 2 aliphatic rings. The molecule has 1 aliphatic heterocycles. The number of aromatic nitrogens is 4. The van der Waals surface area contributed by atoms with E-state index in [2.05, 4.69) is 31.2 Å². The van der Waals surface area contributed by atoms with Gasteiger partial charge >= 0.3 is 12.5 Å². The number of ether oxygens (including phenoxy) is 2. The second kappa shape index (κ2) is 11.0.